The summed E-state index contributed by atoms with van der Waals surface area (Å²) in [4.78, 5) is 23.6. The minimum absolute atomic E-state index is 0.0729. The largest absolute Gasteiger partial charge is 0.354 e. The van der Waals surface area contributed by atoms with Crippen LogP contribution in [0, 0.1) is 0 Å². The molecule has 2 aliphatic carbocycles. The van der Waals surface area contributed by atoms with Crippen molar-refractivity contribution in [3.05, 3.63) is 84.7 Å². The molecule has 2 aliphatic rings. The molecule has 212 valence electrons. The molecule has 0 spiro atoms. The van der Waals surface area contributed by atoms with Crippen molar-refractivity contribution >= 4 is 39.1 Å². The van der Waals surface area contributed by atoms with Gasteiger partial charge in [-0.15, -0.1) is 0 Å². The first-order valence-electron chi connectivity index (χ1n) is 15.4. The molecular formula is C35H41N5O. The van der Waals surface area contributed by atoms with Gasteiger partial charge in [-0.05, 0) is 59.5 Å². The van der Waals surface area contributed by atoms with Crippen LogP contribution in [0.3, 0.4) is 0 Å². The van der Waals surface area contributed by atoms with Crippen LogP contribution in [0.15, 0.2) is 84.1 Å². The smallest absolute Gasteiger partial charge is 0.247 e. The monoisotopic (exact) mass is 547 g/mol. The summed E-state index contributed by atoms with van der Waals surface area (Å²) in [6, 6.07) is 23.0. The molecule has 0 radical (unpaired) electrons. The number of anilines is 1. The number of amides is 1. The fourth-order valence-corrected chi connectivity index (χ4v) is 6.37. The van der Waals surface area contributed by atoms with E-state index in [1.54, 1.807) is 6.20 Å². The third-order valence-electron chi connectivity index (χ3n) is 8.66. The lowest BCUT2D eigenvalue weighted by Gasteiger charge is -2.29. The number of hydrogen-bond acceptors (Lipinski definition) is 3. The second-order valence-corrected chi connectivity index (χ2v) is 11.7. The molecule has 0 saturated heterocycles. The van der Waals surface area contributed by atoms with Crippen molar-refractivity contribution in [3.8, 4) is 0 Å². The molecule has 1 heterocycles. The number of carbonyl (C=O) groups is 1. The Labute approximate surface area is 243 Å². The van der Waals surface area contributed by atoms with Gasteiger partial charge >= 0.3 is 0 Å². The highest BCUT2D eigenvalue weighted by molar-refractivity contribution is 6.04. The summed E-state index contributed by atoms with van der Waals surface area (Å²) in [5.41, 5.74) is 1.89. The normalized spacial score (nSPS) is 17.8. The fraction of sp³-hybridized carbons (Fsp3) is 0.400. The first-order chi connectivity index (χ1) is 20.2. The van der Waals surface area contributed by atoms with E-state index in [4.69, 9.17) is 4.99 Å². The van der Waals surface area contributed by atoms with E-state index in [0.29, 0.717) is 18.5 Å². The Morgan fingerprint density at radius 1 is 0.829 bits per heavy atom. The number of rotatable bonds is 7. The standard InChI is InChI=1S/C35H41N5O/c41-34(39-32-17-9-12-27-20-21-36-24-31(27)32)33(23-25-18-19-26-10-7-8-11-28(26)22-25)40-35(37-29-13-3-1-4-14-29)38-30-15-5-2-6-16-30/h7-12,17-22,24,29-30,33H,1-6,13-16,23H2,(H,39,41)(H2,37,38,40)/t33-/m1/s1. The van der Waals surface area contributed by atoms with Gasteiger partial charge in [0, 0.05) is 30.2 Å². The summed E-state index contributed by atoms with van der Waals surface area (Å²) in [7, 11) is 0. The van der Waals surface area contributed by atoms with Crippen molar-refractivity contribution in [3.63, 3.8) is 0 Å². The summed E-state index contributed by atoms with van der Waals surface area (Å²) < 4.78 is 0. The van der Waals surface area contributed by atoms with E-state index < -0.39 is 6.04 Å². The van der Waals surface area contributed by atoms with E-state index >= 15 is 0 Å². The van der Waals surface area contributed by atoms with Gasteiger partial charge in [-0.1, -0.05) is 93.1 Å². The number of aromatic nitrogens is 1. The number of nitrogens with zero attached hydrogens (tertiary/aromatic N) is 2. The van der Waals surface area contributed by atoms with Crippen LogP contribution in [0.25, 0.3) is 21.5 Å². The number of aliphatic imine (C=N–C) groups is 1. The van der Waals surface area contributed by atoms with Gasteiger partial charge in [-0.3, -0.25) is 9.78 Å². The molecule has 3 aromatic carbocycles. The van der Waals surface area contributed by atoms with E-state index in [1.807, 2.05) is 30.5 Å². The highest BCUT2D eigenvalue weighted by Gasteiger charge is 2.25. The molecule has 6 nitrogen and oxygen atoms in total. The number of nitrogens with one attached hydrogen (secondary N) is 3. The highest BCUT2D eigenvalue weighted by Crippen LogP contribution is 2.24. The Morgan fingerprint density at radius 3 is 2.41 bits per heavy atom. The molecule has 0 aliphatic heterocycles. The zero-order chi connectivity index (χ0) is 27.9. The van der Waals surface area contributed by atoms with Crippen molar-refractivity contribution < 1.29 is 4.79 Å². The molecule has 0 bridgehead atoms. The van der Waals surface area contributed by atoms with Gasteiger partial charge < -0.3 is 16.0 Å². The molecule has 1 aromatic heterocycles. The van der Waals surface area contributed by atoms with Gasteiger partial charge in [-0.25, -0.2) is 4.99 Å². The average molecular weight is 548 g/mol. The number of pyridine rings is 1. The van der Waals surface area contributed by atoms with Gasteiger partial charge in [0.15, 0.2) is 5.96 Å². The zero-order valence-corrected chi connectivity index (χ0v) is 23.8. The van der Waals surface area contributed by atoms with E-state index in [-0.39, 0.29) is 5.91 Å². The minimum atomic E-state index is -0.499. The van der Waals surface area contributed by atoms with Crippen LogP contribution in [-0.4, -0.2) is 35.0 Å². The molecule has 1 amide bonds. The lowest BCUT2D eigenvalue weighted by molar-refractivity contribution is -0.117. The third kappa shape index (κ3) is 7.05. The van der Waals surface area contributed by atoms with Crippen LogP contribution in [0.4, 0.5) is 5.69 Å². The van der Waals surface area contributed by atoms with Crippen LogP contribution < -0.4 is 16.0 Å². The van der Waals surface area contributed by atoms with E-state index in [1.165, 1.54) is 49.3 Å². The fourth-order valence-electron chi connectivity index (χ4n) is 6.37. The number of fused-ring (bicyclic) bond motifs is 2. The van der Waals surface area contributed by atoms with Crippen LogP contribution in [0.2, 0.25) is 0 Å². The topological polar surface area (TPSA) is 78.4 Å². The molecule has 6 heteroatoms. The summed E-state index contributed by atoms with van der Waals surface area (Å²) >= 11 is 0. The predicted octanol–water partition coefficient (Wildman–Crippen LogP) is 7.14. The Balaban J connectivity index is 1.30. The molecule has 1 atom stereocenters. The van der Waals surface area contributed by atoms with Crippen LogP contribution in [0.1, 0.15) is 69.8 Å². The molecule has 3 N–H and O–H groups in total. The predicted molar refractivity (Wildman–Crippen MR) is 169 cm³/mol. The van der Waals surface area contributed by atoms with Crippen molar-refractivity contribution in [1.82, 2.24) is 15.6 Å². The third-order valence-corrected chi connectivity index (χ3v) is 8.66. The summed E-state index contributed by atoms with van der Waals surface area (Å²) in [6.45, 7) is 0. The molecule has 6 rings (SSSR count). The van der Waals surface area contributed by atoms with Crippen molar-refractivity contribution in [2.75, 3.05) is 5.32 Å². The number of hydrogen-bond donors (Lipinski definition) is 3. The van der Waals surface area contributed by atoms with E-state index in [9.17, 15) is 4.79 Å². The minimum Gasteiger partial charge on any atom is -0.354 e. The zero-order valence-electron chi connectivity index (χ0n) is 23.8. The van der Waals surface area contributed by atoms with Crippen molar-refractivity contribution in [2.24, 2.45) is 4.99 Å². The van der Waals surface area contributed by atoms with Crippen LogP contribution >= 0.6 is 0 Å². The van der Waals surface area contributed by atoms with Crippen molar-refractivity contribution in [1.29, 1.82) is 0 Å². The van der Waals surface area contributed by atoms with E-state index in [0.717, 1.165) is 53.7 Å². The summed E-state index contributed by atoms with van der Waals surface area (Å²) in [5, 5.41) is 15.0. The molecule has 41 heavy (non-hydrogen) atoms. The SMILES string of the molecule is O=C(Nc1cccc2ccncc12)[C@@H](Cc1ccc2ccccc2c1)NC(=NC1CCCCC1)NC1CCCCC1. The first-order valence-corrected chi connectivity index (χ1v) is 15.4. The van der Waals surface area contributed by atoms with Crippen molar-refractivity contribution in [2.45, 2.75) is 88.8 Å². The van der Waals surface area contributed by atoms with Gasteiger partial charge in [0.1, 0.15) is 6.04 Å². The number of benzene rings is 3. The molecular weight excluding hydrogens is 506 g/mol. The summed E-state index contributed by atoms with van der Waals surface area (Å²) in [6.07, 6.45) is 16.2. The second-order valence-electron chi connectivity index (χ2n) is 11.7. The Hall–Kier alpha value is -3.93. The Bertz CT molecular complexity index is 1500. The maximum Gasteiger partial charge on any atom is 0.247 e. The Morgan fingerprint density at radius 2 is 1.59 bits per heavy atom. The molecule has 0 unspecified atom stereocenters. The van der Waals surface area contributed by atoms with Crippen LogP contribution in [-0.2, 0) is 11.2 Å². The van der Waals surface area contributed by atoms with Gasteiger partial charge in [0.2, 0.25) is 5.91 Å². The lowest BCUT2D eigenvalue weighted by atomic mass is 9.95. The molecule has 4 aromatic rings. The maximum absolute atomic E-state index is 14.1. The molecule has 2 saturated carbocycles. The lowest BCUT2D eigenvalue weighted by Crippen LogP contribution is -2.53. The highest BCUT2D eigenvalue weighted by atomic mass is 16.2. The number of carbonyl (C=O) groups excluding carboxylic acids is 1. The van der Waals surface area contributed by atoms with Gasteiger partial charge in [0.25, 0.3) is 0 Å². The number of guanidine groups is 1. The first kappa shape index (κ1) is 27.3. The van der Waals surface area contributed by atoms with Gasteiger partial charge in [0.05, 0.1) is 11.7 Å². The average Bonchev–Trinajstić information content (AvgIpc) is 3.02. The molecule has 2 fully saturated rings. The second kappa shape index (κ2) is 13.2. The quantitative estimate of drug-likeness (QED) is 0.170. The van der Waals surface area contributed by atoms with Crippen LogP contribution in [0.5, 0.6) is 0 Å². The van der Waals surface area contributed by atoms with Gasteiger partial charge in [-0.2, -0.15) is 0 Å². The summed E-state index contributed by atoms with van der Waals surface area (Å²) in [5.74, 6) is 0.709. The van der Waals surface area contributed by atoms with E-state index in [2.05, 4.69) is 63.4 Å². The maximum atomic E-state index is 14.1. The Kier molecular flexibility index (Phi) is 8.74.